The zero-order chi connectivity index (χ0) is 12.3. The molecule has 0 radical (unpaired) electrons. The van der Waals surface area contributed by atoms with Gasteiger partial charge < -0.3 is 9.84 Å². The van der Waals surface area contributed by atoms with Crippen molar-refractivity contribution < 1.29 is 19.4 Å². The lowest BCUT2D eigenvalue weighted by Gasteiger charge is -2.24. The summed E-state index contributed by atoms with van der Waals surface area (Å²) in [4.78, 5) is 24.1. The summed E-state index contributed by atoms with van der Waals surface area (Å²) in [6.45, 7) is 0.300. The Morgan fingerprint density at radius 1 is 1.12 bits per heavy atom. The van der Waals surface area contributed by atoms with E-state index in [1.807, 2.05) is 0 Å². The molecule has 2 amide bonds. The molecule has 0 spiro atoms. The summed E-state index contributed by atoms with van der Waals surface area (Å²) in [6.07, 6.45) is 0.581. The second kappa shape index (κ2) is 4.97. The number of morpholine rings is 1. The van der Waals surface area contributed by atoms with Gasteiger partial charge in [-0.25, -0.2) is 0 Å². The molecular formula is C12H13NO4. The van der Waals surface area contributed by atoms with Gasteiger partial charge in [0.05, 0.1) is 0 Å². The molecule has 1 N–H and O–H groups in total. The van der Waals surface area contributed by atoms with Gasteiger partial charge in [-0.1, -0.05) is 12.1 Å². The van der Waals surface area contributed by atoms with Crippen LogP contribution in [0.15, 0.2) is 24.3 Å². The molecule has 17 heavy (non-hydrogen) atoms. The number of benzene rings is 1. The van der Waals surface area contributed by atoms with Crippen LogP contribution < -0.4 is 0 Å². The zero-order valence-corrected chi connectivity index (χ0v) is 9.26. The molecule has 1 aromatic carbocycles. The van der Waals surface area contributed by atoms with E-state index in [9.17, 15) is 9.59 Å². The molecule has 2 rings (SSSR count). The van der Waals surface area contributed by atoms with Gasteiger partial charge in [0.15, 0.2) is 0 Å². The third-order valence-corrected chi connectivity index (χ3v) is 2.61. The number of hydrogen-bond acceptors (Lipinski definition) is 4. The quantitative estimate of drug-likeness (QED) is 0.766. The average Bonchev–Trinajstić information content (AvgIpc) is 2.31. The van der Waals surface area contributed by atoms with Gasteiger partial charge in [0.2, 0.25) is 0 Å². The molecule has 0 aliphatic carbocycles. The minimum atomic E-state index is -0.292. The van der Waals surface area contributed by atoms with E-state index < -0.39 is 0 Å². The number of hydrogen-bond donors (Lipinski definition) is 1. The van der Waals surface area contributed by atoms with Gasteiger partial charge in [0, 0.05) is 6.54 Å². The third-order valence-electron chi connectivity index (χ3n) is 2.61. The van der Waals surface area contributed by atoms with E-state index in [2.05, 4.69) is 0 Å². The van der Waals surface area contributed by atoms with Gasteiger partial charge in [-0.2, -0.15) is 0 Å². The smallest absolute Gasteiger partial charge is 0.255 e. The summed E-state index contributed by atoms with van der Waals surface area (Å²) in [5.74, 6) is -0.382. The molecule has 1 aromatic rings. The number of imide groups is 1. The highest BCUT2D eigenvalue weighted by Crippen LogP contribution is 2.11. The lowest BCUT2D eigenvalue weighted by atomic mass is 10.1. The van der Waals surface area contributed by atoms with Gasteiger partial charge in [0.25, 0.3) is 11.8 Å². The molecule has 0 bridgehead atoms. The number of phenolic OH excluding ortho intramolecular Hbond substituents is 1. The van der Waals surface area contributed by atoms with Crippen LogP contribution in [0.3, 0.4) is 0 Å². The predicted molar refractivity (Wildman–Crippen MR) is 59.3 cm³/mol. The Balaban J connectivity index is 1.95. The number of rotatable bonds is 3. The number of phenols is 1. The van der Waals surface area contributed by atoms with Crippen LogP contribution in [-0.4, -0.2) is 41.6 Å². The molecule has 1 heterocycles. The van der Waals surface area contributed by atoms with Crippen molar-refractivity contribution in [1.82, 2.24) is 4.90 Å². The SMILES string of the molecule is O=C1COCC(=O)N1CCc1ccc(O)cc1. The van der Waals surface area contributed by atoms with Crippen molar-refractivity contribution in [3.8, 4) is 5.75 Å². The van der Waals surface area contributed by atoms with Crippen LogP contribution in [0.25, 0.3) is 0 Å². The van der Waals surface area contributed by atoms with Crippen molar-refractivity contribution in [3.63, 3.8) is 0 Å². The van der Waals surface area contributed by atoms with Crippen molar-refractivity contribution >= 4 is 11.8 Å². The number of carbonyl (C=O) groups is 2. The van der Waals surface area contributed by atoms with Gasteiger partial charge in [-0.05, 0) is 24.1 Å². The first-order valence-corrected chi connectivity index (χ1v) is 5.35. The molecule has 1 fully saturated rings. The second-order valence-corrected chi connectivity index (χ2v) is 3.85. The largest absolute Gasteiger partial charge is 0.508 e. The Labute approximate surface area is 98.6 Å². The van der Waals surface area contributed by atoms with Crippen LogP contribution in [0.2, 0.25) is 0 Å². The molecule has 0 atom stereocenters. The maximum absolute atomic E-state index is 11.4. The van der Waals surface area contributed by atoms with E-state index in [-0.39, 0.29) is 30.8 Å². The van der Waals surface area contributed by atoms with E-state index in [0.717, 1.165) is 5.56 Å². The van der Waals surface area contributed by atoms with Crippen molar-refractivity contribution in [1.29, 1.82) is 0 Å². The molecule has 5 nitrogen and oxygen atoms in total. The van der Waals surface area contributed by atoms with Crippen LogP contribution in [0, 0.1) is 0 Å². The summed E-state index contributed by atoms with van der Waals surface area (Å²) < 4.78 is 4.82. The molecule has 90 valence electrons. The van der Waals surface area contributed by atoms with E-state index in [0.29, 0.717) is 13.0 Å². The Kier molecular flexibility index (Phi) is 3.39. The number of nitrogens with zero attached hydrogens (tertiary/aromatic N) is 1. The number of amides is 2. The second-order valence-electron chi connectivity index (χ2n) is 3.85. The first-order valence-electron chi connectivity index (χ1n) is 5.35. The molecule has 0 saturated carbocycles. The van der Waals surface area contributed by atoms with Gasteiger partial charge in [-0.3, -0.25) is 14.5 Å². The normalized spacial score (nSPS) is 16.4. The van der Waals surface area contributed by atoms with E-state index in [1.165, 1.54) is 4.90 Å². The summed E-state index contributed by atoms with van der Waals surface area (Å²) >= 11 is 0. The van der Waals surface area contributed by atoms with Crippen LogP contribution >= 0.6 is 0 Å². The van der Waals surface area contributed by atoms with Gasteiger partial charge in [0.1, 0.15) is 19.0 Å². The Morgan fingerprint density at radius 3 is 2.29 bits per heavy atom. The lowest BCUT2D eigenvalue weighted by molar-refractivity contribution is -0.158. The fraction of sp³-hybridized carbons (Fsp3) is 0.333. The highest BCUT2D eigenvalue weighted by molar-refractivity contribution is 5.98. The predicted octanol–water partition coefficient (Wildman–Crippen LogP) is 0.320. The fourth-order valence-corrected chi connectivity index (χ4v) is 1.67. The first kappa shape index (κ1) is 11.6. The molecular weight excluding hydrogens is 222 g/mol. The van der Waals surface area contributed by atoms with E-state index >= 15 is 0 Å². The summed E-state index contributed by atoms with van der Waals surface area (Å²) in [5, 5.41) is 9.12. The van der Waals surface area contributed by atoms with Crippen LogP contribution in [0.4, 0.5) is 0 Å². The van der Waals surface area contributed by atoms with Gasteiger partial charge in [-0.15, -0.1) is 0 Å². The average molecular weight is 235 g/mol. The van der Waals surface area contributed by atoms with Crippen LogP contribution in [0.1, 0.15) is 5.56 Å². The molecule has 1 aliphatic heterocycles. The summed E-state index contributed by atoms with van der Waals surface area (Å²) in [6, 6.07) is 6.70. The number of ether oxygens (including phenoxy) is 1. The Morgan fingerprint density at radius 2 is 1.71 bits per heavy atom. The number of carbonyl (C=O) groups excluding carboxylic acids is 2. The number of aromatic hydroxyl groups is 1. The van der Waals surface area contributed by atoms with E-state index in [1.54, 1.807) is 24.3 Å². The topological polar surface area (TPSA) is 66.8 Å². The van der Waals surface area contributed by atoms with Crippen molar-refractivity contribution in [2.75, 3.05) is 19.8 Å². The highest BCUT2D eigenvalue weighted by atomic mass is 16.5. The van der Waals surface area contributed by atoms with Crippen molar-refractivity contribution in [3.05, 3.63) is 29.8 Å². The maximum Gasteiger partial charge on any atom is 0.255 e. The third kappa shape index (κ3) is 2.82. The fourth-order valence-electron chi connectivity index (χ4n) is 1.67. The highest BCUT2D eigenvalue weighted by Gasteiger charge is 2.25. The molecule has 1 aliphatic rings. The molecule has 0 aromatic heterocycles. The van der Waals surface area contributed by atoms with Crippen molar-refractivity contribution in [2.45, 2.75) is 6.42 Å². The van der Waals surface area contributed by atoms with Gasteiger partial charge >= 0.3 is 0 Å². The minimum Gasteiger partial charge on any atom is -0.508 e. The lowest BCUT2D eigenvalue weighted by Crippen LogP contribution is -2.46. The molecule has 1 saturated heterocycles. The first-order chi connectivity index (χ1) is 8.16. The maximum atomic E-state index is 11.4. The Bertz CT molecular complexity index is 411. The standard InChI is InChI=1S/C12H13NO4/c14-10-3-1-9(2-4-10)5-6-13-11(15)7-17-8-12(13)16/h1-4,14H,5-8H2. The van der Waals surface area contributed by atoms with Crippen LogP contribution in [-0.2, 0) is 20.7 Å². The monoisotopic (exact) mass is 235 g/mol. The summed E-state index contributed by atoms with van der Waals surface area (Å²) in [5.41, 5.74) is 0.967. The van der Waals surface area contributed by atoms with Crippen molar-refractivity contribution in [2.24, 2.45) is 0 Å². The van der Waals surface area contributed by atoms with E-state index in [4.69, 9.17) is 9.84 Å². The Hall–Kier alpha value is -1.88. The molecule has 5 heteroatoms. The van der Waals surface area contributed by atoms with Crippen LogP contribution in [0.5, 0.6) is 5.75 Å². The molecule has 0 unspecified atom stereocenters. The minimum absolute atomic E-state index is 0.0265. The zero-order valence-electron chi connectivity index (χ0n) is 9.26. The summed E-state index contributed by atoms with van der Waals surface area (Å²) in [7, 11) is 0.